The lowest BCUT2D eigenvalue weighted by molar-refractivity contribution is 0.101. The summed E-state index contributed by atoms with van der Waals surface area (Å²) in [5, 5.41) is 3.40. The molecule has 1 saturated heterocycles. The van der Waals surface area contributed by atoms with Gasteiger partial charge in [0.2, 0.25) is 0 Å². The lowest BCUT2D eigenvalue weighted by atomic mass is 10.2. The van der Waals surface area contributed by atoms with Gasteiger partial charge in [-0.3, -0.25) is 9.80 Å². The molecular weight excluding hydrogens is 214 g/mol. The van der Waals surface area contributed by atoms with E-state index in [1.54, 1.807) is 7.11 Å². The number of hydrogen-bond acceptors (Lipinski definition) is 4. The van der Waals surface area contributed by atoms with Crippen molar-refractivity contribution in [2.45, 2.75) is 26.3 Å². The first kappa shape index (κ1) is 14.9. The van der Waals surface area contributed by atoms with E-state index in [0.717, 1.165) is 32.3 Å². The van der Waals surface area contributed by atoms with Gasteiger partial charge in [-0.1, -0.05) is 6.92 Å². The van der Waals surface area contributed by atoms with Gasteiger partial charge in [-0.25, -0.2) is 0 Å². The Bertz CT molecular complexity index is 182. The Labute approximate surface area is 106 Å². The molecule has 1 aliphatic rings. The number of ether oxygens (including phenoxy) is 1. The van der Waals surface area contributed by atoms with Crippen molar-refractivity contribution in [1.29, 1.82) is 0 Å². The molecule has 1 aliphatic heterocycles. The molecule has 0 bridgehead atoms. The second-order valence-corrected chi connectivity index (χ2v) is 4.88. The molecule has 1 unspecified atom stereocenters. The molecule has 0 aliphatic carbocycles. The van der Waals surface area contributed by atoms with Gasteiger partial charge in [0.25, 0.3) is 0 Å². The van der Waals surface area contributed by atoms with Crippen LogP contribution in [0.3, 0.4) is 0 Å². The summed E-state index contributed by atoms with van der Waals surface area (Å²) in [5.74, 6) is 0. The molecule has 0 aromatic carbocycles. The Morgan fingerprint density at radius 1 is 1.18 bits per heavy atom. The molecule has 0 aromatic rings. The fraction of sp³-hybridized carbons (Fsp3) is 1.00. The number of hydrogen-bond donors (Lipinski definition) is 1. The van der Waals surface area contributed by atoms with E-state index < -0.39 is 0 Å². The van der Waals surface area contributed by atoms with Crippen LogP contribution in [0.15, 0.2) is 0 Å². The van der Waals surface area contributed by atoms with Gasteiger partial charge in [0.15, 0.2) is 0 Å². The molecule has 17 heavy (non-hydrogen) atoms. The zero-order valence-corrected chi connectivity index (χ0v) is 11.7. The van der Waals surface area contributed by atoms with E-state index in [1.807, 2.05) is 0 Å². The fourth-order valence-corrected chi connectivity index (χ4v) is 2.22. The summed E-state index contributed by atoms with van der Waals surface area (Å²) in [6.07, 6.45) is 1.26. The number of nitrogens with one attached hydrogen (secondary N) is 1. The highest BCUT2D eigenvalue weighted by atomic mass is 16.5. The smallest absolute Gasteiger partial charge is 0.0587 e. The summed E-state index contributed by atoms with van der Waals surface area (Å²) >= 11 is 0. The van der Waals surface area contributed by atoms with E-state index in [1.165, 1.54) is 32.6 Å². The molecule has 0 amide bonds. The van der Waals surface area contributed by atoms with Gasteiger partial charge in [-0.15, -0.1) is 0 Å². The van der Waals surface area contributed by atoms with Crippen LogP contribution in [0.5, 0.6) is 0 Å². The van der Waals surface area contributed by atoms with Gasteiger partial charge in [-0.05, 0) is 13.3 Å². The van der Waals surface area contributed by atoms with E-state index in [-0.39, 0.29) is 0 Å². The third-order valence-electron chi connectivity index (χ3n) is 3.71. The first-order chi connectivity index (χ1) is 8.27. The molecule has 1 rings (SSSR count). The van der Waals surface area contributed by atoms with Crippen molar-refractivity contribution in [2.75, 3.05) is 59.5 Å². The topological polar surface area (TPSA) is 27.7 Å². The second kappa shape index (κ2) is 8.86. The summed E-state index contributed by atoms with van der Waals surface area (Å²) in [7, 11) is 1.75. The van der Waals surface area contributed by atoms with Crippen molar-refractivity contribution in [1.82, 2.24) is 15.1 Å². The van der Waals surface area contributed by atoms with Gasteiger partial charge < -0.3 is 10.1 Å². The van der Waals surface area contributed by atoms with Crippen LogP contribution in [0.2, 0.25) is 0 Å². The molecule has 102 valence electrons. The van der Waals surface area contributed by atoms with Crippen LogP contribution in [0, 0.1) is 0 Å². The predicted molar refractivity (Wildman–Crippen MR) is 72.5 cm³/mol. The number of nitrogens with zero attached hydrogens (tertiary/aromatic N) is 2. The molecule has 0 radical (unpaired) electrons. The molecular formula is C13H29N3O. The SMILES string of the molecule is CCC(C)N1CCN(CCNCCOC)CC1. The maximum Gasteiger partial charge on any atom is 0.0587 e. The van der Waals surface area contributed by atoms with Crippen LogP contribution >= 0.6 is 0 Å². The summed E-state index contributed by atoms with van der Waals surface area (Å²) in [6.45, 7) is 13.5. The highest BCUT2D eigenvalue weighted by Crippen LogP contribution is 2.07. The average molecular weight is 243 g/mol. The minimum atomic E-state index is 0.747. The van der Waals surface area contributed by atoms with E-state index >= 15 is 0 Å². The molecule has 4 heteroatoms. The van der Waals surface area contributed by atoms with Crippen LogP contribution in [-0.2, 0) is 4.74 Å². The number of piperazine rings is 1. The minimum Gasteiger partial charge on any atom is -0.383 e. The van der Waals surface area contributed by atoms with Crippen molar-refractivity contribution in [3.05, 3.63) is 0 Å². The standard InChI is InChI=1S/C13H29N3O/c1-4-13(2)16-10-8-15(9-11-16)7-5-14-6-12-17-3/h13-14H,4-12H2,1-3H3. The third kappa shape index (κ3) is 5.82. The quantitative estimate of drug-likeness (QED) is 0.633. The molecule has 1 atom stereocenters. The van der Waals surface area contributed by atoms with Crippen LogP contribution in [0.4, 0.5) is 0 Å². The lowest BCUT2D eigenvalue weighted by Crippen LogP contribution is -2.50. The normalized spacial score (nSPS) is 20.6. The second-order valence-electron chi connectivity index (χ2n) is 4.88. The van der Waals surface area contributed by atoms with E-state index in [9.17, 15) is 0 Å². The van der Waals surface area contributed by atoms with Crippen LogP contribution in [-0.4, -0.2) is 75.4 Å². The van der Waals surface area contributed by atoms with Crippen LogP contribution in [0.25, 0.3) is 0 Å². The molecule has 1 fully saturated rings. The zero-order chi connectivity index (χ0) is 12.5. The van der Waals surface area contributed by atoms with E-state index in [2.05, 4.69) is 29.0 Å². The van der Waals surface area contributed by atoms with Gasteiger partial charge in [0, 0.05) is 59.0 Å². The molecule has 0 saturated carbocycles. The molecule has 1 N–H and O–H groups in total. The molecule has 0 aromatic heterocycles. The summed E-state index contributed by atoms with van der Waals surface area (Å²) in [4.78, 5) is 5.16. The fourth-order valence-electron chi connectivity index (χ4n) is 2.22. The minimum absolute atomic E-state index is 0.747. The first-order valence-electron chi connectivity index (χ1n) is 6.94. The first-order valence-corrected chi connectivity index (χ1v) is 6.94. The maximum atomic E-state index is 5.00. The monoisotopic (exact) mass is 243 g/mol. The Balaban J connectivity index is 2.03. The van der Waals surface area contributed by atoms with E-state index in [0.29, 0.717) is 0 Å². The highest BCUT2D eigenvalue weighted by molar-refractivity contribution is 4.75. The highest BCUT2D eigenvalue weighted by Gasteiger charge is 2.19. The number of methoxy groups -OCH3 is 1. The Kier molecular flexibility index (Phi) is 7.77. The van der Waals surface area contributed by atoms with Gasteiger partial charge >= 0.3 is 0 Å². The Hall–Kier alpha value is -0.160. The molecule has 1 heterocycles. The Morgan fingerprint density at radius 3 is 2.47 bits per heavy atom. The van der Waals surface area contributed by atoms with Gasteiger partial charge in [-0.2, -0.15) is 0 Å². The van der Waals surface area contributed by atoms with Crippen molar-refractivity contribution in [3.63, 3.8) is 0 Å². The predicted octanol–water partition coefficient (Wildman–Crippen LogP) is 0.639. The van der Waals surface area contributed by atoms with Crippen molar-refractivity contribution in [2.24, 2.45) is 0 Å². The molecule has 0 spiro atoms. The summed E-state index contributed by atoms with van der Waals surface area (Å²) in [5.41, 5.74) is 0. The average Bonchev–Trinajstić information content (AvgIpc) is 2.38. The Morgan fingerprint density at radius 2 is 1.88 bits per heavy atom. The largest absolute Gasteiger partial charge is 0.383 e. The number of rotatable bonds is 8. The lowest BCUT2D eigenvalue weighted by Gasteiger charge is -2.37. The molecule has 4 nitrogen and oxygen atoms in total. The van der Waals surface area contributed by atoms with Crippen LogP contribution in [0.1, 0.15) is 20.3 Å². The van der Waals surface area contributed by atoms with Crippen molar-refractivity contribution < 1.29 is 4.74 Å². The van der Waals surface area contributed by atoms with Crippen LogP contribution < -0.4 is 5.32 Å². The maximum absolute atomic E-state index is 5.00. The summed E-state index contributed by atoms with van der Waals surface area (Å²) < 4.78 is 5.00. The van der Waals surface area contributed by atoms with Gasteiger partial charge in [0.05, 0.1) is 6.61 Å². The van der Waals surface area contributed by atoms with E-state index in [4.69, 9.17) is 4.74 Å². The van der Waals surface area contributed by atoms with Gasteiger partial charge in [0.1, 0.15) is 0 Å². The van der Waals surface area contributed by atoms with Crippen molar-refractivity contribution in [3.8, 4) is 0 Å². The summed E-state index contributed by atoms with van der Waals surface area (Å²) in [6, 6.07) is 0.747. The zero-order valence-electron chi connectivity index (χ0n) is 11.7. The van der Waals surface area contributed by atoms with Crippen molar-refractivity contribution >= 4 is 0 Å². The third-order valence-corrected chi connectivity index (χ3v) is 3.71.